The molecule has 1 saturated carbocycles. The molecule has 2 N–H and O–H groups in total. The van der Waals surface area contributed by atoms with Gasteiger partial charge in [-0.25, -0.2) is 0 Å². The summed E-state index contributed by atoms with van der Waals surface area (Å²) in [6.07, 6.45) is 8.94. The van der Waals surface area contributed by atoms with E-state index >= 15 is 0 Å². The number of allylic oxidation sites excluding steroid dienone is 2. The Morgan fingerprint density at radius 2 is 2.29 bits per heavy atom. The second-order valence-corrected chi connectivity index (χ2v) is 4.70. The molecular formula is C12H22NO+. The van der Waals surface area contributed by atoms with Crippen molar-refractivity contribution >= 4 is 0 Å². The quantitative estimate of drug-likeness (QED) is 0.493. The van der Waals surface area contributed by atoms with E-state index in [0.29, 0.717) is 0 Å². The van der Waals surface area contributed by atoms with Gasteiger partial charge >= 0.3 is 0 Å². The predicted molar refractivity (Wildman–Crippen MR) is 57.0 cm³/mol. The van der Waals surface area contributed by atoms with Crippen molar-refractivity contribution in [3.8, 4) is 0 Å². The van der Waals surface area contributed by atoms with Crippen molar-refractivity contribution in [1.82, 2.24) is 0 Å². The fourth-order valence-corrected chi connectivity index (χ4v) is 2.87. The zero-order chi connectivity index (χ0) is 9.80. The van der Waals surface area contributed by atoms with E-state index in [1.165, 1.54) is 32.4 Å². The van der Waals surface area contributed by atoms with E-state index in [2.05, 4.69) is 17.5 Å². The average Bonchev–Trinajstić information content (AvgIpc) is 2.79. The Labute approximate surface area is 86.7 Å². The number of hydrogen-bond acceptors (Lipinski definition) is 1. The highest BCUT2D eigenvalue weighted by Gasteiger charge is 2.36. The second-order valence-electron chi connectivity index (χ2n) is 4.70. The van der Waals surface area contributed by atoms with Gasteiger partial charge in [0.1, 0.15) is 0 Å². The Kier molecular flexibility index (Phi) is 3.60. The van der Waals surface area contributed by atoms with Crippen LogP contribution in [0.5, 0.6) is 0 Å². The molecule has 0 aliphatic heterocycles. The van der Waals surface area contributed by atoms with Gasteiger partial charge in [-0.1, -0.05) is 12.2 Å². The topological polar surface area (TPSA) is 25.8 Å². The molecule has 0 amide bonds. The molecule has 0 aromatic rings. The van der Waals surface area contributed by atoms with Crippen molar-refractivity contribution in [3.63, 3.8) is 0 Å². The van der Waals surface area contributed by atoms with Gasteiger partial charge in [-0.15, -0.1) is 0 Å². The maximum Gasteiger partial charge on any atom is 0.0789 e. The molecule has 2 aliphatic carbocycles. The summed E-state index contributed by atoms with van der Waals surface area (Å²) in [7, 11) is 1.78. The van der Waals surface area contributed by atoms with Gasteiger partial charge in [0, 0.05) is 19.4 Å². The minimum Gasteiger partial charge on any atom is -0.384 e. The largest absolute Gasteiger partial charge is 0.384 e. The van der Waals surface area contributed by atoms with Crippen LogP contribution in [0.2, 0.25) is 0 Å². The highest BCUT2D eigenvalue weighted by molar-refractivity contribution is 5.09. The number of quaternary nitrogens is 1. The number of hydrogen-bond donors (Lipinski definition) is 1. The fourth-order valence-electron chi connectivity index (χ4n) is 2.87. The third-order valence-electron chi connectivity index (χ3n) is 3.64. The fraction of sp³-hybridized carbons (Fsp3) is 0.833. The van der Waals surface area contributed by atoms with Gasteiger partial charge in [0.05, 0.1) is 19.7 Å². The molecule has 0 spiro atoms. The average molecular weight is 196 g/mol. The van der Waals surface area contributed by atoms with Crippen LogP contribution >= 0.6 is 0 Å². The van der Waals surface area contributed by atoms with E-state index in [1.54, 1.807) is 7.11 Å². The molecule has 0 heterocycles. The van der Waals surface area contributed by atoms with E-state index in [1.807, 2.05) is 0 Å². The van der Waals surface area contributed by atoms with E-state index in [0.717, 1.165) is 24.4 Å². The number of methoxy groups -OCH3 is 1. The second kappa shape index (κ2) is 4.94. The lowest BCUT2D eigenvalue weighted by molar-refractivity contribution is -0.661. The van der Waals surface area contributed by atoms with Gasteiger partial charge < -0.3 is 10.1 Å². The molecule has 0 radical (unpaired) electrons. The Bertz CT molecular complexity index is 202. The molecular weight excluding hydrogens is 174 g/mol. The van der Waals surface area contributed by atoms with Crippen molar-refractivity contribution in [2.24, 2.45) is 17.8 Å². The van der Waals surface area contributed by atoms with Gasteiger partial charge in [0.25, 0.3) is 0 Å². The van der Waals surface area contributed by atoms with E-state index < -0.39 is 0 Å². The van der Waals surface area contributed by atoms with Crippen LogP contribution in [0.1, 0.15) is 19.3 Å². The maximum atomic E-state index is 5.03. The molecule has 1 fully saturated rings. The molecule has 80 valence electrons. The Morgan fingerprint density at radius 1 is 1.36 bits per heavy atom. The summed E-state index contributed by atoms with van der Waals surface area (Å²) in [6.45, 7) is 3.47. The molecule has 2 nitrogen and oxygen atoms in total. The lowest BCUT2D eigenvalue weighted by Gasteiger charge is -2.15. The molecule has 0 saturated heterocycles. The molecule has 2 rings (SSSR count). The maximum absolute atomic E-state index is 5.03. The van der Waals surface area contributed by atoms with Crippen molar-refractivity contribution in [3.05, 3.63) is 12.2 Å². The summed E-state index contributed by atoms with van der Waals surface area (Å²) < 4.78 is 5.03. The summed E-state index contributed by atoms with van der Waals surface area (Å²) in [5.74, 6) is 2.81. The Morgan fingerprint density at radius 3 is 2.93 bits per heavy atom. The number of rotatable bonds is 6. The summed E-state index contributed by atoms with van der Waals surface area (Å²) >= 11 is 0. The molecule has 0 aromatic carbocycles. The number of fused-ring (bicyclic) bond motifs is 2. The van der Waals surface area contributed by atoms with E-state index in [-0.39, 0.29) is 0 Å². The van der Waals surface area contributed by atoms with Crippen LogP contribution in [0.3, 0.4) is 0 Å². The van der Waals surface area contributed by atoms with Crippen molar-refractivity contribution in [2.45, 2.75) is 19.3 Å². The Balaban J connectivity index is 1.56. The van der Waals surface area contributed by atoms with Gasteiger partial charge in [-0.05, 0) is 24.7 Å². The summed E-state index contributed by atoms with van der Waals surface area (Å²) in [6, 6.07) is 0. The molecule has 2 bridgehead atoms. The van der Waals surface area contributed by atoms with Crippen molar-refractivity contribution < 1.29 is 10.1 Å². The Hall–Kier alpha value is -0.340. The van der Waals surface area contributed by atoms with Crippen LogP contribution in [0, 0.1) is 17.8 Å². The first kappa shape index (κ1) is 10.2. The monoisotopic (exact) mass is 196 g/mol. The zero-order valence-electron chi connectivity index (χ0n) is 9.11. The molecule has 14 heavy (non-hydrogen) atoms. The van der Waals surface area contributed by atoms with Crippen LogP contribution in [-0.4, -0.2) is 26.8 Å². The summed E-state index contributed by atoms with van der Waals surface area (Å²) in [5.41, 5.74) is 0. The smallest absolute Gasteiger partial charge is 0.0789 e. The molecule has 3 atom stereocenters. The highest BCUT2D eigenvalue weighted by Crippen LogP contribution is 2.42. The molecule has 0 aromatic heterocycles. The van der Waals surface area contributed by atoms with Gasteiger partial charge in [-0.3, -0.25) is 0 Å². The van der Waals surface area contributed by atoms with E-state index in [9.17, 15) is 0 Å². The standard InChI is InChI=1S/C12H21NO/c1-14-6-2-5-13-9-12-8-10-3-4-11(12)7-10/h3-4,10-13H,2,5-9H2,1H3/p+1/t10-,11+,12+/m1/s1. The molecule has 0 unspecified atom stereocenters. The SMILES string of the molecule is COCCC[NH2+]C[C@@H]1C[C@@H]2C=C[C@H]1C2. The number of nitrogens with two attached hydrogens (primary N) is 1. The summed E-state index contributed by atoms with van der Waals surface area (Å²) in [5, 5.41) is 2.47. The molecule has 2 heteroatoms. The zero-order valence-corrected chi connectivity index (χ0v) is 9.11. The first-order valence-corrected chi connectivity index (χ1v) is 5.89. The lowest BCUT2D eigenvalue weighted by atomic mass is 9.94. The van der Waals surface area contributed by atoms with Gasteiger partial charge in [-0.2, -0.15) is 0 Å². The highest BCUT2D eigenvalue weighted by atomic mass is 16.5. The first-order valence-electron chi connectivity index (χ1n) is 5.89. The van der Waals surface area contributed by atoms with Crippen LogP contribution < -0.4 is 5.32 Å². The van der Waals surface area contributed by atoms with Gasteiger partial charge in [0.15, 0.2) is 0 Å². The minimum absolute atomic E-state index is 0.910. The third-order valence-corrected chi connectivity index (χ3v) is 3.64. The van der Waals surface area contributed by atoms with Crippen LogP contribution in [0.4, 0.5) is 0 Å². The van der Waals surface area contributed by atoms with Crippen LogP contribution in [-0.2, 0) is 4.74 Å². The van der Waals surface area contributed by atoms with Crippen LogP contribution in [0.25, 0.3) is 0 Å². The van der Waals surface area contributed by atoms with Gasteiger partial charge in [0.2, 0.25) is 0 Å². The van der Waals surface area contributed by atoms with Crippen molar-refractivity contribution in [2.75, 3.05) is 26.8 Å². The normalized spacial score (nSPS) is 34.2. The number of ether oxygens (including phenoxy) is 1. The lowest BCUT2D eigenvalue weighted by Crippen LogP contribution is -2.85. The van der Waals surface area contributed by atoms with E-state index in [4.69, 9.17) is 4.74 Å². The molecule has 2 aliphatic rings. The van der Waals surface area contributed by atoms with Crippen molar-refractivity contribution in [1.29, 1.82) is 0 Å². The predicted octanol–water partition coefficient (Wildman–Crippen LogP) is 0.798. The first-order chi connectivity index (χ1) is 6.90. The third kappa shape index (κ3) is 2.37. The minimum atomic E-state index is 0.910. The van der Waals surface area contributed by atoms with Crippen LogP contribution in [0.15, 0.2) is 12.2 Å². The summed E-state index contributed by atoms with van der Waals surface area (Å²) in [4.78, 5) is 0.